The van der Waals surface area contributed by atoms with E-state index < -0.39 is 23.3 Å². The first-order chi connectivity index (χ1) is 16.0. The topological polar surface area (TPSA) is 81.8 Å². The third-order valence-electron chi connectivity index (χ3n) is 6.24. The van der Waals surface area contributed by atoms with Gasteiger partial charge in [-0.25, -0.2) is 9.78 Å². The van der Waals surface area contributed by atoms with Crippen molar-refractivity contribution in [1.29, 1.82) is 0 Å². The van der Waals surface area contributed by atoms with Crippen LogP contribution in [0, 0.1) is 11.8 Å². The number of halogens is 3. The number of aromatic nitrogens is 1. The Bertz CT molecular complexity index is 952. The molecule has 1 saturated carbocycles. The molecule has 1 N–H and O–H groups in total. The van der Waals surface area contributed by atoms with Crippen molar-refractivity contribution in [3.63, 3.8) is 0 Å². The van der Waals surface area contributed by atoms with Gasteiger partial charge in [-0.05, 0) is 69.2 Å². The highest BCUT2D eigenvalue weighted by molar-refractivity contribution is 5.76. The summed E-state index contributed by atoms with van der Waals surface area (Å²) in [4.78, 5) is 15.7. The molecule has 2 unspecified atom stereocenters. The van der Waals surface area contributed by atoms with Crippen LogP contribution in [0.4, 0.5) is 13.2 Å². The summed E-state index contributed by atoms with van der Waals surface area (Å²) in [5.41, 5.74) is -0.785. The second kappa shape index (κ2) is 10.9. The quantitative estimate of drug-likeness (QED) is 0.438. The Balaban J connectivity index is 1.53. The first-order valence-electron chi connectivity index (χ1n) is 11.6. The molecule has 9 heteroatoms. The summed E-state index contributed by atoms with van der Waals surface area (Å²) in [6, 6.07) is 4.74. The summed E-state index contributed by atoms with van der Waals surface area (Å²) in [6.45, 7) is 6.25. The monoisotopic (exact) mass is 483 g/mol. The molecular weight excluding hydrogens is 451 g/mol. The zero-order valence-corrected chi connectivity index (χ0v) is 19.8. The number of hydrogen-bond acceptors (Lipinski definition) is 5. The zero-order chi connectivity index (χ0) is 24.9. The highest BCUT2D eigenvalue weighted by atomic mass is 19.4. The molecule has 1 aliphatic rings. The number of aryl methyl sites for hydroxylation is 1. The smallest absolute Gasteiger partial charge is 0.416 e. The summed E-state index contributed by atoms with van der Waals surface area (Å²) in [5.74, 6) is 0.603. The van der Waals surface area contributed by atoms with Gasteiger partial charge in [-0.2, -0.15) is 13.2 Å². The summed E-state index contributed by atoms with van der Waals surface area (Å²) in [6.07, 6.45) is 0.193. The molecule has 0 bridgehead atoms. The predicted molar refractivity (Wildman–Crippen MR) is 119 cm³/mol. The van der Waals surface area contributed by atoms with Crippen LogP contribution in [0.25, 0.3) is 11.5 Å². The maximum atomic E-state index is 12.8. The molecule has 34 heavy (non-hydrogen) atoms. The van der Waals surface area contributed by atoms with Gasteiger partial charge >= 0.3 is 12.1 Å². The van der Waals surface area contributed by atoms with Gasteiger partial charge in [0.2, 0.25) is 5.89 Å². The van der Waals surface area contributed by atoms with Crippen molar-refractivity contribution in [2.45, 2.75) is 71.3 Å². The van der Waals surface area contributed by atoms with Crippen LogP contribution in [0.15, 0.2) is 28.7 Å². The number of carbonyl (C=O) groups is 1. The van der Waals surface area contributed by atoms with Crippen molar-refractivity contribution >= 4 is 5.97 Å². The Hall–Kier alpha value is -2.39. The molecule has 6 nitrogen and oxygen atoms in total. The van der Waals surface area contributed by atoms with E-state index in [9.17, 15) is 23.1 Å². The molecule has 0 spiro atoms. The average Bonchev–Trinajstić information content (AvgIpc) is 3.21. The van der Waals surface area contributed by atoms with E-state index in [0.29, 0.717) is 48.5 Å². The van der Waals surface area contributed by atoms with Crippen molar-refractivity contribution < 1.29 is 37.0 Å². The highest BCUT2D eigenvalue weighted by Crippen LogP contribution is 2.32. The minimum Gasteiger partial charge on any atom is -0.479 e. The number of nitrogens with zero attached hydrogens (tertiary/aromatic N) is 1. The number of hydrogen-bond donors (Lipinski definition) is 1. The van der Waals surface area contributed by atoms with E-state index in [1.165, 1.54) is 12.1 Å². The molecular formula is C25H32F3NO5. The minimum atomic E-state index is -4.39. The Morgan fingerprint density at radius 1 is 1.15 bits per heavy atom. The molecule has 2 atom stereocenters. The van der Waals surface area contributed by atoms with Crippen LogP contribution >= 0.6 is 0 Å². The van der Waals surface area contributed by atoms with Crippen LogP contribution in [-0.2, 0) is 33.5 Å². The van der Waals surface area contributed by atoms with E-state index in [1.807, 2.05) is 6.92 Å². The fourth-order valence-electron chi connectivity index (χ4n) is 4.11. The lowest BCUT2D eigenvalue weighted by atomic mass is 9.82. The summed E-state index contributed by atoms with van der Waals surface area (Å²) < 4.78 is 55.8. The van der Waals surface area contributed by atoms with E-state index in [1.54, 1.807) is 13.8 Å². The zero-order valence-electron chi connectivity index (χ0n) is 19.8. The van der Waals surface area contributed by atoms with E-state index in [0.717, 1.165) is 37.8 Å². The van der Waals surface area contributed by atoms with Crippen LogP contribution in [0.2, 0.25) is 0 Å². The predicted octanol–water partition coefficient (Wildman–Crippen LogP) is 6.13. The number of carboxylic acids is 1. The molecule has 1 aromatic heterocycles. The van der Waals surface area contributed by atoms with Gasteiger partial charge in [0.25, 0.3) is 0 Å². The van der Waals surface area contributed by atoms with Crippen LogP contribution in [0.3, 0.4) is 0 Å². The standard InChI is InChI=1S/C25H32F3NO5/c1-4-21-20(29-22(34-21)18-8-10-19(11-9-18)25(26,27)28)15-32-13-16-6-5-7-17(12-16)14-33-24(2,3)23(30)31/h8-11,16-17H,4-7,12-15H2,1-3H3,(H,30,31). The fraction of sp³-hybridized carbons (Fsp3) is 0.600. The van der Waals surface area contributed by atoms with Crippen molar-refractivity contribution in [1.82, 2.24) is 4.98 Å². The Labute approximate surface area is 197 Å². The molecule has 0 saturated heterocycles. The molecule has 1 fully saturated rings. The maximum Gasteiger partial charge on any atom is 0.416 e. The normalized spacial score (nSPS) is 19.4. The Morgan fingerprint density at radius 2 is 1.79 bits per heavy atom. The van der Waals surface area contributed by atoms with Gasteiger partial charge in [-0.15, -0.1) is 0 Å². The number of rotatable bonds is 10. The van der Waals surface area contributed by atoms with Crippen LogP contribution < -0.4 is 0 Å². The summed E-state index contributed by atoms with van der Waals surface area (Å²) in [7, 11) is 0. The fourth-order valence-corrected chi connectivity index (χ4v) is 4.11. The molecule has 3 rings (SSSR count). The Kier molecular flexibility index (Phi) is 8.41. The molecule has 1 aliphatic carbocycles. The third-order valence-corrected chi connectivity index (χ3v) is 6.24. The van der Waals surface area contributed by atoms with Crippen molar-refractivity contribution in [2.75, 3.05) is 13.2 Å². The van der Waals surface area contributed by atoms with Gasteiger partial charge in [-0.1, -0.05) is 13.3 Å². The first kappa shape index (κ1) is 26.2. The molecule has 188 valence electrons. The highest BCUT2D eigenvalue weighted by Gasteiger charge is 2.31. The van der Waals surface area contributed by atoms with Crippen LogP contribution in [-0.4, -0.2) is 34.9 Å². The van der Waals surface area contributed by atoms with Crippen molar-refractivity contribution in [3.8, 4) is 11.5 Å². The van der Waals surface area contributed by atoms with E-state index in [4.69, 9.17) is 13.9 Å². The SMILES string of the molecule is CCc1oc(-c2ccc(C(F)(F)F)cc2)nc1COCC1CCCC(COC(C)(C)C(=O)O)C1. The lowest BCUT2D eigenvalue weighted by molar-refractivity contribution is -0.163. The molecule has 1 aromatic carbocycles. The number of carboxylic acid groups (broad SMARTS) is 1. The summed E-state index contributed by atoms with van der Waals surface area (Å²) >= 11 is 0. The first-order valence-corrected chi connectivity index (χ1v) is 11.6. The lowest BCUT2D eigenvalue weighted by Gasteiger charge is -2.31. The van der Waals surface area contributed by atoms with E-state index >= 15 is 0 Å². The molecule has 0 amide bonds. The number of benzene rings is 1. The van der Waals surface area contributed by atoms with Gasteiger partial charge in [0.05, 0.1) is 18.8 Å². The van der Waals surface area contributed by atoms with E-state index in [2.05, 4.69) is 4.98 Å². The summed E-state index contributed by atoms with van der Waals surface area (Å²) in [5, 5.41) is 9.20. The number of oxazole rings is 1. The van der Waals surface area contributed by atoms with E-state index in [-0.39, 0.29) is 12.5 Å². The second-order valence-electron chi connectivity index (χ2n) is 9.36. The number of alkyl halides is 3. The van der Waals surface area contributed by atoms with Crippen LogP contribution in [0.1, 0.15) is 63.5 Å². The molecule has 0 radical (unpaired) electrons. The van der Waals surface area contributed by atoms with Gasteiger partial charge in [0.1, 0.15) is 11.5 Å². The largest absolute Gasteiger partial charge is 0.479 e. The van der Waals surface area contributed by atoms with Gasteiger partial charge in [0, 0.05) is 18.6 Å². The second-order valence-corrected chi connectivity index (χ2v) is 9.36. The van der Waals surface area contributed by atoms with Gasteiger partial charge in [-0.3, -0.25) is 0 Å². The van der Waals surface area contributed by atoms with Crippen LogP contribution in [0.5, 0.6) is 0 Å². The lowest BCUT2D eigenvalue weighted by Crippen LogP contribution is -2.37. The average molecular weight is 484 g/mol. The van der Waals surface area contributed by atoms with Crippen molar-refractivity contribution in [3.05, 3.63) is 41.3 Å². The third kappa shape index (κ3) is 6.82. The Morgan fingerprint density at radius 3 is 2.38 bits per heavy atom. The number of ether oxygens (including phenoxy) is 2. The minimum absolute atomic E-state index is 0.261. The van der Waals surface area contributed by atoms with Crippen molar-refractivity contribution in [2.24, 2.45) is 11.8 Å². The number of aliphatic carboxylic acids is 1. The molecule has 0 aliphatic heterocycles. The molecule has 1 heterocycles. The van der Waals surface area contributed by atoms with Gasteiger partial charge < -0.3 is 19.0 Å². The van der Waals surface area contributed by atoms with Gasteiger partial charge in [0.15, 0.2) is 5.60 Å². The molecule has 2 aromatic rings. The maximum absolute atomic E-state index is 12.8.